The SMILES string of the molecule is CCNC(=O)N1CCC(C)(CC)CC1. The molecule has 1 saturated heterocycles. The lowest BCUT2D eigenvalue weighted by atomic mass is 9.78. The Morgan fingerprint density at radius 2 is 1.93 bits per heavy atom. The van der Waals surface area contributed by atoms with Gasteiger partial charge in [0.2, 0.25) is 0 Å². The molecule has 14 heavy (non-hydrogen) atoms. The number of amides is 2. The van der Waals surface area contributed by atoms with E-state index >= 15 is 0 Å². The molecule has 0 aromatic rings. The largest absolute Gasteiger partial charge is 0.338 e. The van der Waals surface area contributed by atoms with Gasteiger partial charge in [-0.25, -0.2) is 4.79 Å². The van der Waals surface area contributed by atoms with Crippen molar-refractivity contribution in [1.82, 2.24) is 10.2 Å². The van der Waals surface area contributed by atoms with Crippen LogP contribution in [-0.2, 0) is 0 Å². The van der Waals surface area contributed by atoms with Gasteiger partial charge in [-0.15, -0.1) is 0 Å². The van der Waals surface area contributed by atoms with E-state index in [0.717, 1.165) is 32.5 Å². The fourth-order valence-electron chi connectivity index (χ4n) is 1.87. The molecule has 2 amide bonds. The van der Waals surface area contributed by atoms with Crippen LogP contribution in [0.15, 0.2) is 0 Å². The Labute approximate surface area is 86.9 Å². The number of likely N-dealkylation sites (tertiary alicyclic amines) is 1. The minimum Gasteiger partial charge on any atom is -0.338 e. The molecule has 0 unspecified atom stereocenters. The van der Waals surface area contributed by atoms with Gasteiger partial charge in [0.15, 0.2) is 0 Å². The van der Waals surface area contributed by atoms with Gasteiger partial charge >= 0.3 is 6.03 Å². The monoisotopic (exact) mass is 198 g/mol. The van der Waals surface area contributed by atoms with Crippen molar-refractivity contribution in [3.63, 3.8) is 0 Å². The molecule has 3 heteroatoms. The van der Waals surface area contributed by atoms with E-state index in [9.17, 15) is 4.79 Å². The summed E-state index contributed by atoms with van der Waals surface area (Å²) in [6, 6.07) is 0.102. The van der Waals surface area contributed by atoms with Gasteiger partial charge in [0.05, 0.1) is 0 Å². The average Bonchev–Trinajstić information content (AvgIpc) is 2.19. The van der Waals surface area contributed by atoms with Gasteiger partial charge in [-0.3, -0.25) is 0 Å². The molecular formula is C11H22N2O. The zero-order valence-corrected chi connectivity index (χ0v) is 9.60. The van der Waals surface area contributed by atoms with Crippen LogP contribution in [0.25, 0.3) is 0 Å². The van der Waals surface area contributed by atoms with Crippen molar-refractivity contribution in [2.24, 2.45) is 5.41 Å². The summed E-state index contributed by atoms with van der Waals surface area (Å²) >= 11 is 0. The number of hydrogen-bond acceptors (Lipinski definition) is 1. The molecule has 0 aromatic carbocycles. The number of nitrogens with zero attached hydrogens (tertiary/aromatic N) is 1. The molecule has 1 rings (SSSR count). The number of nitrogens with one attached hydrogen (secondary N) is 1. The third kappa shape index (κ3) is 2.63. The minimum atomic E-state index is 0.102. The van der Waals surface area contributed by atoms with Crippen molar-refractivity contribution in [3.8, 4) is 0 Å². The Bertz CT molecular complexity index is 195. The van der Waals surface area contributed by atoms with E-state index in [2.05, 4.69) is 19.2 Å². The van der Waals surface area contributed by atoms with Crippen LogP contribution >= 0.6 is 0 Å². The van der Waals surface area contributed by atoms with Crippen molar-refractivity contribution in [1.29, 1.82) is 0 Å². The number of piperidine rings is 1. The summed E-state index contributed by atoms with van der Waals surface area (Å²) in [6.45, 7) is 9.06. The van der Waals surface area contributed by atoms with E-state index in [1.54, 1.807) is 0 Å². The maximum Gasteiger partial charge on any atom is 0.317 e. The molecule has 3 nitrogen and oxygen atoms in total. The molecule has 0 bridgehead atoms. The quantitative estimate of drug-likeness (QED) is 0.725. The lowest BCUT2D eigenvalue weighted by Gasteiger charge is -2.38. The highest BCUT2D eigenvalue weighted by Crippen LogP contribution is 2.33. The number of hydrogen-bond donors (Lipinski definition) is 1. The van der Waals surface area contributed by atoms with E-state index in [1.165, 1.54) is 6.42 Å². The molecule has 1 aliphatic heterocycles. The molecule has 1 aliphatic rings. The van der Waals surface area contributed by atoms with Gasteiger partial charge in [-0.05, 0) is 25.2 Å². The van der Waals surface area contributed by atoms with Crippen LogP contribution in [0, 0.1) is 5.41 Å². The fourth-order valence-corrected chi connectivity index (χ4v) is 1.87. The highest BCUT2D eigenvalue weighted by Gasteiger charge is 2.29. The number of carbonyl (C=O) groups excluding carboxylic acids is 1. The fraction of sp³-hybridized carbons (Fsp3) is 0.909. The van der Waals surface area contributed by atoms with Crippen molar-refractivity contribution in [3.05, 3.63) is 0 Å². The van der Waals surface area contributed by atoms with E-state index < -0.39 is 0 Å². The molecule has 0 saturated carbocycles. The van der Waals surface area contributed by atoms with Crippen LogP contribution in [-0.4, -0.2) is 30.6 Å². The van der Waals surface area contributed by atoms with Crippen LogP contribution in [0.2, 0.25) is 0 Å². The summed E-state index contributed by atoms with van der Waals surface area (Å²) in [7, 11) is 0. The first kappa shape index (κ1) is 11.3. The van der Waals surface area contributed by atoms with E-state index in [1.807, 2.05) is 11.8 Å². The van der Waals surface area contributed by atoms with Gasteiger partial charge in [0.1, 0.15) is 0 Å². The molecule has 0 spiro atoms. The van der Waals surface area contributed by atoms with Crippen molar-refractivity contribution < 1.29 is 4.79 Å². The molecule has 0 radical (unpaired) electrons. The molecule has 1 N–H and O–H groups in total. The number of urea groups is 1. The Balaban J connectivity index is 2.39. The first-order valence-corrected chi connectivity index (χ1v) is 5.64. The smallest absolute Gasteiger partial charge is 0.317 e. The van der Waals surface area contributed by atoms with Gasteiger partial charge in [-0.1, -0.05) is 20.3 Å². The molecule has 0 aliphatic carbocycles. The highest BCUT2D eigenvalue weighted by molar-refractivity contribution is 5.74. The summed E-state index contributed by atoms with van der Waals surface area (Å²) < 4.78 is 0. The molecule has 1 fully saturated rings. The molecular weight excluding hydrogens is 176 g/mol. The van der Waals surface area contributed by atoms with Gasteiger partial charge < -0.3 is 10.2 Å². The van der Waals surface area contributed by atoms with Crippen LogP contribution in [0.5, 0.6) is 0 Å². The van der Waals surface area contributed by atoms with Crippen LogP contribution < -0.4 is 5.32 Å². The third-order valence-electron chi connectivity index (χ3n) is 3.44. The standard InChI is InChI=1S/C11H22N2O/c1-4-11(3)6-8-13(9-7-11)10(14)12-5-2/h4-9H2,1-3H3,(H,12,14). The maximum atomic E-state index is 11.5. The van der Waals surface area contributed by atoms with E-state index in [-0.39, 0.29) is 6.03 Å². The van der Waals surface area contributed by atoms with Crippen LogP contribution in [0.3, 0.4) is 0 Å². The van der Waals surface area contributed by atoms with Gasteiger partial charge in [0, 0.05) is 19.6 Å². The topological polar surface area (TPSA) is 32.3 Å². The van der Waals surface area contributed by atoms with Crippen LogP contribution in [0.4, 0.5) is 4.79 Å². The predicted molar refractivity (Wildman–Crippen MR) is 58.3 cm³/mol. The Kier molecular flexibility index (Phi) is 3.78. The normalized spacial score (nSPS) is 20.6. The van der Waals surface area contributed by atoms with Crippen molar-refractivity contribution in [2.45, 2.75) is 40.0 Å². The Morgan fingerprint density at radius 1 is 1.36 bits per heavy atom. The predicted octanol–water partition coefficient (Wildman–Crippen LogP) is 2.23. The second kappa shape index (κ2) is 4.67. The molecule has 0 atom stereocenters. The van der Waals surface area contributed by atoms with Crippen LogP contribution in [0.1, 0.15) is 40.0 Å². The maximum absolute atomic E-state index is 11.5. The van der Waals surface area contributed by atoms with Crippen molar-refractivity contribution in [2.75, 3.05) is 19.6 Å². The summed E-state index contributed by atoms with van der Waals surface area (Å²) in [5.41, 5.74) is 0.461. The summed E-state index contributed by atoms with van der Waals surface area (Å²) in [4.78, 5) is 13.4. The third-order valence-corrected chi connectivity index (χ3v) is 3.44. The van der Waals surface area contributed by atoms with Gasteiger partial charge in [-0.2, -0.15) is 0 Å². The number of rotatable bonds is 2. The lowest BCUT2D eigenvalue weighted by Crippen LogP contribution is -2.46. The summed E-state index contributed by atoms with van der Waals surface area (Å²) in [5.74, 6) is 0. The average molecular weight is 198 g/mol. The second-order valence-corrected chi connectivity index (χ2v) is 4.49. The summed E-state index contributed by atoms with van der Waals surface area (Å²) in [5, 5.41) is 2.85. The van der Waals surface area contributed by atoms with Crippen molar-refractivity contribution >= 4 is 6.03 Å². The first-order chi connectivity index (χ1) is 6.61. The molecule has 1 heterocycles. The first-order valence-electron chi connectivity index (χ1n) is 5.64. The van der Waals surface area contributed by atoms with E-state index in [4.69, 9.17) is 0 Å². The zero-order chi connectivity index (χ0) is 10.6. The van der Waals surface area contributed by atoms with E-state index in [0.29, 0.717) is 5.41 Å². The number of carbonyl (C=O) groups is 1. The molecule has 82 valence electrons. The minimum absolute atomic E-state index is 0.102. The lowest BCUT2D eigenvalue weighted by molar-refractivity contribution is 0.126. The summed E-state index contributed by atoms with van der Waals surface area (Å²) in [6.07, 6.45) is 3.50. The Morgan fingerprint density at radius 3 is 2.36 bits per heavy atom. The zero-order valence-electron chi connectivity index (χ0n) is 9.60. The second-order valence-electron chi connectivity index (χ2n) is 4.49. The Hall–Kier alpha value is -0.730. The van der Waals surface area contributed by atoms with Gasteiger partial charge in [0.25, 0.3) is 0 Å². The molecule has 0 aromatic heterocycles. The highest BCUT2D eigenvalue weighted by atomic mass is 16.2.